The molecule has 0 aromatic carbocycles. The third-order valence-electron chi connectivity index (χ3n) is 7.85. The lowest BCUT2D eigenvalue weighted by atomic mass is 9.85. The highest BCUT2D eigenvalue weighted by Gasteiger charge is 2.31. The van der Waals surface area contributed by atoms with Gasteiger partial charge in [-0.15, -0.1) is 0 Å². The maximum atomic E-state index is 12.1. The number of hydrogen-bond donors (Lipinski definition) is 2. The molecule has 7 nitrogen and oxygen atoms in total. The lowest BCUT2D eigenvalue weighted by Crippen LogP contribution is -2.37. The van der Waals surface area contributed by atoms with E-state index < -0.39 is 16.0 Å². The second-order valence-corrected chi connectivity index (χ2v) is 12.8. The first-order chi connectivity index (χ1) is 18.1. The Morgan fingerprint density at radius 1 is 0.718 bits per heavy atom. The summed E-state index contributed by atoms with van der Waals surface area (Å²) in [6.07, 6.45) is 28.2. The quantitative estimate of drug-likeness (QED) is 0.0542. The summed E-state index contributed by atoms with van der Waals surface area (Å²) in [5.41, 5.74) is -1.04. The van der Waals surface area contributed by atoms with E-state index >= 15 is 0 Å². The lowest BCUT2D eigenvalue weighted by molar-refractivity contribution is -0.121. The Labute approximate surface area is 242 Å². The van der Waals surface area contributed by atoms with Gasteiger partial charge in [-0.05, 0) is 39.0 Å². The molecule has 0 radical (unpaired) electrons. The molecule has 0 fully saturated rings. The van der Waals surface area contributed by atoms with E-state index in [1.165, 1.54) is 109 Å². The molecule has 1 amide bonds. The summed E-state index contributed by atoms with van der Waals surface area (Å²) in [6, 6.07) is 0. The van der Waals surface area contributed by atoms with Gasteiger partial charge in [0.2, 0.25) is 16.3 Å². The van der Waals surface area contributed by atoms with Crippen molar-refractivity contribution in [1.82, 2.24) is 11.5 Å². The van der Waals surface area contributed by atoms with Gasteiger partial charge >= 0.3 is 0 Å². The van der Waals surface area contributed by atoms with Crippen LogP contribution in [0.15, 0.2) is 0 Å². The van der Waals surface area contributed by atoms with Gasteiger partial charge in [-0.3, -0.25) is 8.98 Å². The first-order valence-corrected chi connectivity index (χ1v) is 17.4. The second-order valence-electron chi connectivity index (χ2n) is 11.8. The summed E-state index contributed by atoms with van der Waals surface area (Å²) >= 11 is 0. The zero-order valence-corrected chi connectivity index (χ0v) is 27.3. The van der Waals surface area contributed by atoms with Gasteiger partial charge in [-0.2, -0.15) is 0 Å². The smallest absolute Gasteiger partial charge is 0.219 e. The van der Waals surface area contributed by atoms with E-state index in [-0.39, 0.29) is 18.0 Å². The standard InChI is InChI=1S/C31H63NO5S.H3N/c1-5-7-8-9-10-11-12-13-14-15-16-17-18-19-20-21-22-23-24-27-30(33)32-28-25-26-29(6-2)31(3,4)37-38(34,35)36;/h29H,5-28H2,1-4H3,(H,32,33)(H,34,35,36);1H3. The zero-order chi connectivity index (χ0) is 28.5. The number of carbonyl (C=O) groups is 1. The van der Waals surface area contributed by atoms with Gasteiger partial charge < -0.3 is 16.0 Å². The summed E-state index contributed by atoms with van der Waals surface area (Å²) in [5.74, 6) is 0.0190. The molecule has 5 N–H and O–H groups in total. The third-order valence-corrected chi connectivity index (χ3v) is 8.49. The highest BCUT2D eigenvalue weighted by molar-refractivity contribution is 7.80. The third kappa shape index (κ3) is 27.2. The summed E-state index contributed by atoms with van der Waals surface area (Å²) in [7, 11) is -4.73. The van der Waals surface area contributed by atoms with Crippen molar-refractivity contribution >= 4 is 16.3 Å². The maximum Gasteiger partial charge on any atom is 0.219 e. The number of rotatable bonds is 28. The SMILES string of the molecule is CCCCCCCCCCCCCCCCCCCCCC(=O)NCCCC(CC)C(C)(C)OS(=O)(=O)[O-].[NH4+]. The molecule has 0 saturated heterocycles. The van der Waals surface area contributed by atoms with Crippen LogP contribution in [0.5, 0.6) is 0 Å². The Bertz CT molecular complexity index is 655. The Morgan fingerprint density at radius 2 is 1.10 bits per heavy atom. The van der Waals surface area contributed by atoms with Crippen molar-refractivity contribution in [2.24, 2.45) is 5.92 Å². The predicted molar refractivity (Wildman–Crippen MR) is 165 cm³/mol. The van der Waals surface area contributed by atoms with Crippen LogP contribution in [0.2, 0.25) is 0 Å². The molecular weight excluding hydrogens is 512 g/mol. The monoisotopic (exact) mass is 578 g/mol. The molecule has 0 aromatic rings. The van der Waals surface area contributed by atoms with Crippen LogP contribution in [-0.2, 0) is 19.4 Å². The summed E-state index contributed by atoms with van der Waals surface area (Å²) in [4.78, 5) is 12.1. The van der Waals surface area contributed by atoms with E-state index in [0.717, 1.165) is 19.3 Å². The normalized spacial score (nSPS) is 12.7. The molecule has 236 valence electrons. The van der Waals surface area contributed by atoms with E-state index in [2.05, 4.69) is 12.2 Å². The van der Waals surface area contributed by atoms with Crippen LogP contribution < -0.4 is 11.5 Å². The molecule has 1 atom stereocenters. The molecule has 0 spiro atoms. The molecule has 0 aliphatic carbocycles. The van der Waals surface area contributed by atoms with Gasteiger partial charge in [0, 0.05) is 13.0 Å². The van der Waals surface area contributed by atoms with Gasteiger partial charge in [0.25, 0.3) is 0 Å². The Hall–Kier alpha value is -0.700. The molecule has 0 saturated carbocycles. The fourth-order valence-electron chi connectivity index (χ4n) is 5.40. The van der Waals surface area contributed by atoms with Gasteiger partial charge in [0.15, 0.2) is 0 Å². The molecule has 0 aliphatic heterocycles. The zero-order valence-electron chi connectivity index (χ0n) is 26.5. The number of amides is 1. The predicted octanol–water partition coefficient (Wildman–Crippen LogP) is 9.36. The van der Waals surface area contributed by atoms with E-state index in [1.807, 2.05) is 6.92 Å². The van der Waals surface area contributed by atoms with Crippen molar-refractivity contribution in [1.29, 1.82) is 0 Å². The highest BCUT2D eigenvalue weighted by atomic mass is 32.3. The Balaban J connectivity index is 0. The maximum absolute atomic E-state index is 12.1. The van der Waals surface area contributed by atoms with Crippen LogP contribution in [-0.4, -0.2) is 31.0 Å². The van der Waals surface area contributed by atoms with Gasteiger partial charge in [-0.25, -0.2) is 8.42 Å². The molecule has 1 unspecified atom stereocenters. The van der Waals surface area contributed by atoms with Crippen molar-refractivity contribution < 1.29 is 21.9 Å². The largest absolute Gasteiger partial charge is 0.726 e. The Morgan fingerprint density at radius 3 is 1.46 bits per heavy atom. The van der Waals surface area contributed by atoms with E-state index in [1.54, 1.807) is 13.8 Å². The van der Waals surface area contributed by atoms with Crippen molar-refractivity contribution in [3.05, 3.63) is 0 Å². The average molecular weight is 579 g/mol. The lowest BCUT2D eigenvalue weighted by Gasteiger charge is -2.34. The van der Waals surface area contributed by atoms with Crippen LogP contribution in [0.25, 0.3) is 0 Å². The molecule has 0 rings (SSSR count). The van der Waals surface area contributed by atoms with Crippen LogP contribution in [0.4, 0.5) is 0 Å². The Kier molecular flexibility index (Phi) is 27.2. The number of quaternary nitrogens is 1. The van der Waals surface area contributed by atoms with Crippen LogP contribution in [0, 0.1) is 5.92 Å². The van der Waals surface area contributed by atoms with Gasteiger partial charge in [-0.1, -0.05) is 136 Å². The van der Waals surface area contributed by atoms with Crippen molar-refractivity contribution in [2.75, 3.05) is 6.54 Å². The van der Waals surface area contributed by atoms with Crippen molar-refractivity contribution in [3.8, 4) is 0 Å². The molecule has 0 aliphatic rings. The highest BCUT2D eigenvalue weighted by Crippen LogP contribution is 2.29. The molecule has 0 heterocycles. The molecule has 0 aromatic heterocycles. The second kappa shape index (κ2) is 26.2. The number of nitrogens with one attached hydrogen (secondary N) is 1. The van der Waals surface area contributed by atoms with Crippen LogP contribution in [0.1, 0.15) is 175 Å². The van der Waals surface area contributed by atoms with Crippen molar-refractivity contribution in [2.45, 2.75) is 181 Å². The summed E-state index contributed by atoms with van der Waals surface area (Å²) in [6.45, 7) is 8.06. The first kappa shape index (κ1) is 40.4. The fraction of sp³-hybridized carbons (Fsp3) is 0.968. The van der Waals surface area contributed by atoms with Gasteiger partial charge in [0.05, 0.1) is 5.60 Å². The number of hydrogen-bond acceptors (Lipinski definition) is 5. The molecule has 8 heteroatoms. The topological polar surface area (TPSA) is 132 Å². The minimum absolute atomic E-state index is 0. The molecule has 0 bridgehead atoms. The minimum atomic E-state index is -4.73. The molecular formula is C31H66N2O5S. The summed E-state index contributed by atoms with van der Waals surface area (Å²) < 4.78 is 37.6. The first-order valence-electron chi connectivity index (χ1n) is 16.1. The van der Waals surface area contributed by atoms with E-state index in [0.29, 0.717) is 25.8 Å². The van der Waals surface area contributed by atoms with Gasteiger partial charge in [0.1, 0.15) is 0 Å². The molecule has 39 heavy (non-hydrogen) atoms. The van der Waals surface area contributed by atoms with E-state index in [9.17, 15) is 17.8 Å². The minimum Gasteiger partial charge on any atom is -0.726 e. The fourth-order valence-corrected chi connectivity index (χ4v) is 6.07. The van der Waals surface area contributed by atoms with Crippen molar-refractivity contribution in [3.63, 3.8) is 0 Å². The van der Waals surface area contributed by atoms with Crippen LogP contribution in [0.3, 0.4) is 0 Å². The van der Waals surface area contributed by atoms with Crippen LogP contribution >= 0.6 is 0 Å². The number of unbranched alkanes of at least 4 members (excludes halogenated alkanes) is 18. The number of carbonyl (C=O) groups excluding carboxylic acids is 1. The van der Waals surface area contributed by atoms with E-state index in [4.69, 9.17) is 4.18 Å². The summed E-state index contributed by atoms with van der Waals surface area (Å²) in [5, 5.41) is 2.96. The average Bonchev–Trinajstić information content (AvgIpc) is 2.83.